The lowest BCUT2D eigenvalue weighted by Crippen LogP contribution is -2.13. The van der Waals surface area contributed by atoms with Crippen LogP contribution in [0.2, 0.25) is 10.0 Å². The highest BCUT2D eigenvalue weighted by Crippen LogP contribution is 2.33. The van der Waals surface area contributed by atoms with Crippen molar-refractivity contribution in [2.45, 2.75) is 33.3 Å². The lowest BCUT2D eigenvalue weighted by atomic mass is 10.0. The van der Waals surface area contributed by atoms with Crippen molar-refractivity contribution in [3.8, 4) is 5.75 Å². The topological polar surface area (TPSA) is 65.7 Å². The lowest BCUT2D eigenvalue weighted by molar-refractivity contribution is -0.143. The summed E-state index contributed by atoms with van der Waals surface area (Å²) in [6.07, 6.45) is 0.272. The zero-order valence-electron chi connectivity index (χ0n) is 16.4. The number of rotatable bonds is 7. The van der Waals surface area contributed by atoms with Gasteiger partial charge in [-0.1, -0.05) is 29.3 Å². The fourth-order valence-electron chi connectivity index (χ4n) is 3.07. The summed E-state index contributed by atoms with van der Waals surface area (Å²) < 4.78 is 29.9. The van der Waals surface area contributed by atoms with Gasteiger partial charge in [0, 0.05) is 29.0 Å². The van der Waals surface area contributed by atoms with Crippen LogP contribution < -0.4 is 10.4 Å². The van der Waals surface area contributed by atoms with Crippen molar-refractivity contribution < 1.29 is 23.1 Å². The first-order chi connectivity index (χ1) is 14.3. The number of hydrogen-bond acceptors (Lipinski definition) is 5. The van der Waals surface area contributed by atoms with Crippen LogP contribution in [-0.4, -0.2) is 12.6 Å². The SMILES string of the molecule is CCOC(=O)CCc1c(C)c2cc(Cl)c(OCc3c(F)cccc3Cl)cc2oc1=O. The van der Waals surface area contributed by atoms with Gasteiger partial charge in [-0.25, -0.2) is 9.18 Å². The zero-order valence-corrected chi connectivity index (χ0v) is 17.9. The summed E-state index contributed by atoms with van der Waals surface area (Å²) in [5.74, 6) is -0.650. The number of aryl methyl sites for hydroxylation is 1. The predicted molar refractivity (Wildman–Crippen MR) is 113 cm³/mol. The molecule has 0 spiro atoms. The Balaban J connectivity index is 1.89. The van der Waals surface area contributed by atoms with Gasteiger partial charge in [0.05, 0.1) is 16.7 Å². The molecule has 1 aromatic heterocycles. The number of esters is 1. The van der Waals surface area contributed by atoms with E-state index in [-0.39, 0.29) is 59.0 Å². The Morgan fingerprint density at radius 1 is 1.17 bits per heavy atom. The Labute approximate surface area is 182 Å². The minimum Gasteiger partial charge on any atom is -0.487 e. The first-order valence-corrected chi connectivity index (χ1v) is 10.0. The normalized spacial score (nSPS) is 11.0. The third-order valence-corrected chi connectivity index (χ3v) is 5.31. The predicted octanol–water partition coefficient (Wildman–Crippen LogP) is 5.62. The van der Waals surface area contributed by atoms with E-state index in [0.29, 0.717) is 16.5 Å². The molecule has 0 amide bonds. The van der Waals surface area contributed by atoms with Crippen LogP contribution in [0.1, 0.15) is 30.0 Å². The fraction of sp³-hybridized carbons (Fsp3) is 0.273. The van der Waals surface area contributed by atoms with Crippen molar-refractivity contribution in [1.82, 2.24) is 0 Å². The van der Waals surface area contributed by atoms with E-state index in [9.17, 15) is 14.0 Å². The first-order valence-electron chi connectivity index (χ1n) is 9.29. The van der Waals surface area contributed by atoms with E-state index < -0.39 is 11.4 Å². The minimum absolute atomic E-state index is 0.0727. The van der Waals surface area contributed by atoms with Crippen LogP contribution in [0.4, 0.5) is 4.39 Å². The number of carbonyl (C=O) groups excluding carboxylic acids is 1. The molecule has 2 aromatic carbocycles. The Morgan fingerprint density at radius 2 is 1.93 bits per heavy atom. The second kappa shape index (κ2) is 9.49. The van der Waals surface area contributed by atoms with Crippen LogP contribution in [0.15, 0.2) is 39.5 Å². The summed E-state index contributed by atoms with van der Waals surface area (Å²) in [6.45, 7) is 3.61. The van der Waals surface area contributed by atoms with Crippen LogP contribution in [0, 0.1) is 12.7 Å². The molecule has 0 aliphatic heterocycles. The van der Waals surface area contributed by atoms with Gasteiger partial charge < -0.3 is 13.9 Å². The maximum atomic E-state index is 13.9. The summed E-state index contributed by atoms with van der Waals surface area (Å²) in [4.78, 5) is 24.0. The molecule has 0 radical (unpaired) electrons. The monoisotopic (exact) mass is 452 g/mol. The molecule has 1 heterocycles. The molecule has 0 aliphatic carbocycles. The van der Waals surface area contributed by atoms with Gasteiger partial charge in [0.1, 0.15) is 23.8 Å². The fourth-order valence-corrected chi connectivity index (χ4v) is 3.51. The molecule has 0 saturated heterocycles. The minimum atomic E-state index is -0.547. The van der Waals surface area contributed by atoms with Crippen molar-refractivity contribution in [2.24, 2.45) is 0 Å². The van der Waals surface area contributed by atoms with E-state index in [1.165, 1.54) is 18.2 Å². The van der Waals surface area contributed by atoms with Crippen molar-refractivity contribution in [3.63, 3.8) is 0 Å². The van der Waals surface area contributed by atoms with Gasteiger partial charge in [0.15, 0.2) is 0 Å². The molecule has 0 unspecified atom stereocenters. The number of benzene rings is 2. The van der Waals surface area contributed by atoms with E-state index in [2.05, 4.69) is 0 Å². The Kier molecular flexibility index (Phi) is 7.00. The van der Waals surface area contributed by atoms with E-state index in [4.69, 9.17) is 37.1 Å². The van der Waals surface area contributed by atoms with Gasteiger partial charge in [0.2, 0.25) is 0 Å². The van der Waals surface area contributed by atoms with Crippen molar-refractivity contribution in [3.05, 3.63) is 73.3 Å². The average Bonchev–Trinajstić information content (AvgIpc) is 2.69. The smallest absolute Gasteiger partial charge is 0.339 e. The summed E-state index contributed by atoms with van der Waals surface area (Å²) >= 11 is 12.4. The molecule has 0 fully saturated rings. The van der Waals surface area contributed by atoms with Crippen LogP contribution in [0.25, 0.3) is 11.0 Å². The largest absolute Gasteiger partial charge is 0.487 e. The third-order valence-electron chi connectivity index (χ3n) is 4.66. The highest BCUT2D eigenvalue weighted by Gasteiger charge is 2.16. The van der Waals surface area contributed by atoms with Crippen LogP contribution in [0.3, 0.4) is 0 Å². The summed E-state index contributed by atoms with van der Waals surface area (Å²) in [5.41, 5.74) is 0.975. The van der Waals surface area contributed by atoms with Crippen molar-refractivity contribution in [2.75, 3.05) is 6.61 Å². The molecule has 0 bridgehead atoms. The Bertz CT molecular complexity index is 1140. The lowest BCUT2D eigenvalue weighted by Gasteiger charge is -2.13. The molecule has 3 aromatic rings. The Hall–Kier alpha value is -2.57. The summed E-state index contributed by atoms with van der Waals surface area (Å²) in [7, 11) is 0. The summed E-state index contributed by atoms with van der Waals surface area (Å²) in [6, 6.07) is 7.44. The van der Waals surface area contributed by atoms with E-state index in [0.717, 1.165) is 0 Å². The highest BCUT2D eigenvalue weighted by atomic mass is 35.5. The molecule has 8 heteroatoms. The number of halogens is 3. The highest BCUT2D eigenvalue weighted by molar-refractivity contribution is 6.33. The van der Waals surface area contributed by atoms with Gasteiger partial charge in [-0.05, 0) is 44.0 Å². The quantitative estimate of drug-likeness (QED) is 0.343. The van der Waals surface area contributed by atoms with Gasteiger partial charge in [-0.2, -0.15) is 0 Å². The van der Waals surface area contributed by atoms with Crippen LogP contribution in [-0.2, 0) is 22.6 Å². The molecule has 0 saturated carbocycles. The van der Waals surface area contributed by atoms with Crippen molar-refractivity contribution >= 4 is 40.1 Å². The standard InChI is InChI=1S/C22H19Cl2FO5/c1-3-28-21(26)8-7-13-12(2)14-9-17(24)20(10-19(14)30-22(13)27)29-11-15-16(23)5-4-6-18(15)25/h4-6,9-10H,3,7-8,11H2,1-2H3. The zero-order chi connectivity index (χ0) is 21.8. The number of fused-ring (bicyclic) bond motifs is 1. The maximum absolute atomic E-state index is 13.9. The Morgan fingerprint density at radius 3 is 2.63 bits per heavy atom. The van der Waals surface area contributed by atoms with Crippen LogP contribution >= 0.6 is 23.2 Å². The van der Waals surface area contributed by atoms with E-state index in [1.807, 2.05) is 0 Å². The molecule has 0 atom stereocenters. The number of carbonyl (C=O) groups is 1. The summed E-state index contributed by atoms with van der Waals surface area (Å²) in [5, 5.41) is 1.12. The number of ether oxygens (including phenoxy) is 2. The van der Waals surface area contributed by atoms with E-state index >= 15 is 0 Å². The van der Waals surface area contributed by atoms with Gasteiger partial charge in [0.25, 0.3) is 0 Å². The number of hydrogen-bond donors (Lipinski definition) is 0. The molecular formula is C22H19Cl2FO5. The average molecular weight is 453 g/mol. The second-order valence-corrected chi connectivity index (χ2v) is 7.38. The molecule has 5 nitrogen and oxygen atoms in total. The first kappa shape index (κ1) is 22.1. The van der Waals surface area contributed by atoms with Crippen molar-refractivity contribution in [1.29, 1.82) is 0 Å². The second-order valence-electron chi connectivity index (χ2n) is 6.57. The van der Waals surface area contributed by atoms with Crippen LogP contribution in [0.5, 0.6) is 5.75 Å². The van der Waals surface area contributed by atoms with E-state index in [1.54, 1.807) is 26.0 Å². The third kappa shape index (κ3) is 4.77. The maximum Gasteiger partial charge on any atom is 0.339 e. The molecular weight excluding hydrogens is 434 g/mol. The van der Waals surface area contributed by atoms with Gasteiger partial charge in [-0.15, -0.1) is 0 Å². The molecule has 0 aliphatic rings. The molecule has 3 rings (SSSR count). The molecule has 158 valence electrons. The van der Waals surface area contributed by atoms with Gasteiger partial charge in [-0.3, -0.25) is 4.79 Å². The molecule has 30 heavy (non-hydrogen) atoms. The molecule has 0 N–H and O–H groups in total. The van der Waals surface area contributed by atoms with Gasteiger partial charge >= 0.3 is 11.6 Å².